The van der Waals surface area contributed by atoms with Crippen molar-refractivity contribution in [2.24, 2.45) is 0 Å². The standard InChI is InChI=1S/C24H26F2N4O2/c1-15(17-5-9-20(25)10-6-17)27-23(31)16(2)30-13-3-4-19(14-30)24-28-22(29-32-24)18-7-11-21(26)12-8-18/h5-12,15-16,19H,3-4,13-14H2,1-2H3,(H,27,31). The Morgan fingerprint density at radius 3 is 2.44 bits per heavy atom. The Bertz CT molecular complexity index is 1050. The van der Waals surface area contributed by atoms with E-state index in [-0.39, 0.29) is 35.5 Å². The molecule has 0 radical (unpaired) electrons. The fraction of sp³-hybridized carbons (Fsp3) is 0.375. The second-order valence-electron chi connectivity index (χ2n) is 8.26. The van der Waals surface area contributed by atoms with Crippen molar-refractivity contribution in [1.82, 2.24) is 20.4 Å². The molecule has 1 saturated heterocycles. The van der Waals surface area contributed by atoms with Crippen molar-refractivity contribution < 1.29 is 18.1 Å². The highest BCUT2D eigenvalue weighted by Gasteiger charge is 2.31. The highest BCUT2D eigenvalue weighted by molar-refractivity contribution is 5.81. The first-order valence-electron chi connectivity index (χ1n) is 10.8. The van der Waals surface area contributed by atoms with Crippen molar-refractivity contribution in [1.29, 1.82) is 0 Å². The number of hydrogen-bond donors (Lipinski definition) is 1. The molecule has 4 rings (SSSR count). The smallest absolute Gasteiger partial charge is 0.237 e. The van der Waals surface area contributed by atoms with Gasteiger partial charge in [0.2, 0.25) is 17.6 Å². The van der Waals surface area contributed by atoms with E-state index in [2.05, 4.69) is 20.4 Å². The van der Waals surface area contributed by atoms with E-state index < -0.39 is 0 Å². The number of piperidine rings is 1. The zero-order valence-electron chi connectivity index (χ0n) is 18.1. The normalized spacial score (nSPS) is 18.8. The van der Waals surface area contributed by atoms with E-state index in [9.17, 15) is 13.6 Å². The molecule has 2 heterocycles. The minimum absolute atomic E-state index is 0.0234. The van der Waals surface area contributed by atoms with Crippen molar-refractivity contribution in [3.05, 3.63) is 71.6 Å². The summed E-state index contributed by atoms with van der Waals surface area (Å²) in [5.41, 5.74) is 1.54. The van der Waals surface area contributed by atoms with Gasteiger partial charge >= 0.3 is 0 Å². The lowest BCUT2D eigenvalue weighted by atomic mass is 9.96. The molecule has 6 nitrogen and oxygen atoms in total. The van der Waals surface area contributed by atoms with Gasteiger partial charge in [0, 0.05) is 12.1 Å². The highest BCUT2D eigenvalue weighted by atomic mass is 19.1. The third-order valence-corrected chi connectivity index (χ3v) is 6.00. The van der Waals surface area contributed by atoms with Gasteiger partial charge in [-0.2, -0.15) is 4.98 Å². The van der Waals surface area contributed by atoms with Crippen LogP contribution in [0.4, 0.5) is 8.78 Å². The number of nitrogens with one attached hydrogen (secondary N) is 1. The third-order valence-electron chi connectivity index (χ3n) is 6.00. The van der Waals surface area contributed by atoms with Crippen molar-refractivity contribution in [3.63, 3.8) is 0 Å². The van der Waals surface area contributed by atoms with Crippen molar-refractivity contribution >= 4 is 5.91 Å². The average Bonchev–Trinajstić information content (AvgIpc) is 3.30. The Hall–Kier alpha value is -3.13. The molecule has 0 spiro atoms. The van der Waals surface area contributed by atoms with Gasteiger partial charge in [0.15, 0.2) is 0 Å². The van der Waals surface area contributed by atoms with E-state index in [0.29, 0.717) is 23.8 Å². The molecule has 1 fully saturated rings. The van der Waals surface area contributed by atoms with E-state index in [1.807, 2.05) is 13.8 Å². The molecule has 0 aliphatic carbocycles. The second kappa shape index (κ2) is 9.56. The molecule has 1 N–H and O–H groups in total. The Morgan fingerprint density at radius 1 is 1.09 bits per heavy atom. The van der Waals surface area contributed by atoms with Crippen LogP contribution >= 0.6 is 0 Å². The molecular weight excluding hydrogens is 414 g/mol. The Balaban J connectivity index is 1.38. The monoisotopic (exact) mass is 440 g/mol. The molecule has 8 heteroatoms. The van der Waals surface area contributed by atoms with Crippen LogP contribution in [0.5, 0.6) is 0 Å². The van der Waals surface area contributed by atoms with Crippen LogP contribution < -0.4 is 5.32 Å². The van der Waals surface area contributed by atoms with Crippen LogP contribution in [0, 0.1) is 11.6 Å². The Kier molecular flexibility index (Phi) is 6.60. The van der Waals surface area contributed by atoms with Crippen LogP contribution in [0.1, 0.15) is 50.1 Å². The lowest BCUT2D eigenvalue weighted by Crippen LogP contribution is -2.49. The SMILES string of the molecule is CC(NC(=O)C(C)N1CCCC(c2nc(-c3ccc(F)cc3)no2)C1)c1ccc(F)cc1. The largest absolute Gasteiger partial charge is 0.348 e. The molecule has 0 saturated carbocycles. The molecule has 168 valence electrons. The number of amides is 1. The molecule has 32 heavy (non-hydrogen) atoms. The molecule has 1 aliphatic rings. The fourth-order valence-electron chi connectivity index (χ4n) is 4.01. The van der Waals surface area contributed by atoms with E-state index in [0.717, 1.165) is 24.9 Å². The van der Waals surface area contributed by atoms with E-state index in [4.69, 9.17) is 4.52 Å². The van der Waals surface area contributed by atoms with Crippen molar-refractivity contribution in [2.45, 2.75) is 44.7 Å². The molecule has 3 aromatic rings. The highest BCUT2D eigenvalue weighted by Crippen LogP contribution is 2.29. The predicted octanol–water partition coefficient (Wildman–Crippen LogP) is 4.46. The van der Waals surface area contributed by atoms with E-state index >= 15 is 0 Å². The number of rotatable bonds is 6. The van der Waals surface area contributed by atoms with Gasteiger partial charge in [-0.15, -0.1) is 0 Å². The summed E-state index contributed by atoms with van der Waals surface area (Å²) in [6.07, 6.45) is 1.80. The van der Waals surface area contributed by atoms with Gasteiger partial charge < -0.3 is 9.84 Å². The summed E-state index contributed by atoms with van der Waals surface area (Å²) in [4.78, 5) is 19.5. The fourth-order valence-corrected chi connectivity index (χ4v) is 4.01. The molecule has 1 aliphatic heterocycles. The minimum Gasteiger partial charge on any atom is -0.348 e. The summed E-state index contributed by atoms with van der Waals surface area (Å²) in [7, 11) is 0. The number of carbonyl (C=O) groups excluding carboxylic acids is 1. The molecule has 0 bridgehead atoms. The van der Waals surface area contributed by atoms with E-state index in [1.54, 1.807) is 24.3 Å². The van der Waals surface area contributed by atoms with Gasteiger partial charge in [0.25, 0.3) is 0 Å². The maximum atomic E-state index is 13.2. The van der Waals surface area contributed by atoms with Crippen LogP contribution in [0.3, 0.4) is 0 Å². The van der Waals surface area contributed by atoms with Crippen LogP contribution in [-0.4, -0.2) is 40.1 Å². The van der Waals surface area contributed by atoms with Gasteiger partial charge in [-0.3, -0.25) is 9.69 Å². The summed E-state index contributed by atoms with van der Waals surface area (Å²) < 4.78 is 31.8. The van der Waals surface area contributed by atoms with Gasteiger partial charge in [-0.25, -0.2) is 8.78 Å². The predicted molar refractivity (Wildman–Crippen MR) is 116 cm³/mol. The zero-order valence-corrected chi connectivity index (χ0v) is 18.1. The van der Waals surface area contributed by atoms with Crippen LogP contribution in [0.15, 0.2) is 53.1 Å². The first kappa shape index (κ1) is 22.1. The number of halogens is 2. The Labute approximate surface area is 185 Å². The molecular formula is C24H26F2N4O2. The van der Waals surface area contributed by atoms with Crippen LogP contribution in [0.25, 0.3) is 11.4 Å². The second-order valence-corrected chi connectivity index (χ2v) is 8.26. The number of hydrogen-bond acceptors (Lipinski definition) is 5. The average molecular weight is 440 g/mol. The number of benzene rings is 2. The van der Waals surface area contributed by atoms with Crippen molar-refractivity contribution in [3.8, 4) is 11.4 Å². The number of carbonyl (C=O) groups is 1. The van der Waals surface area contributed by atoms with E-state index in [1.165, 1.54) is 24.3 Å². The molecule has 2 aromatic carbocycles. The number of nitrogens with zero attached hydrogens (tertiary/aromatic N) is 3. The number of aromatic nitrogens is 2. The van der Waals surface area contributed by atoms with Gasteiger partial charge in [-0.1, -0.05) is 17.3 Å². The summed E-state index contributed by atoms with van der Waals surface area (Å²) in [5, 5.41) is 7.05. The molecule has 1 amide bonds. The lowest BCUT2D eigenvalue weighted by molar-refractivity contribution is -0.127. The van der Waals surface area contributed by atoms with Gasteiger partial charge in [0.05, 0.1) is 18.0 Å². The first-order valence-corrected chi connectivity index (χ1v) is 10.8. The summed E-state index contributed by atoms with van der Waals surface area (Å²) >= 11 is 0. The maximum Gasteiger partial charge on any atom is 0.237 e. The lowest BCUT2D eigenvalue weighted by Gasteiger charge is -2.35. The Morgan fingerprint density at radius 2 is 1.75 bits per heavy atom. The summed E-state index contributed by atoms with van der Waals surface area (Å²) in [5.74, 6) is 0.276. The van der Waals surface area contributed by atoms with Gasteiger partial charge in [-0.05, 0) is 75.2 Å². The summed E-state index contributed by atoms with van der Waals surface area (Å²) in [6, 6.07) is 11.5. The van der Waals surface area contributed by atoms with Crippen LogP contribution in [0.2, 0.25) is 0 Å². The quantitative estimate of drug-likeness (QED) is 0.613. The molecule has 1 aromatic heterocycles. The maximum absolute atomic E-state index is 13.2. The van der Waals surface area contributed by atoms with Crippen LogP contribution in [-0.2, 0) is 4.79 Å². The van der Waals surface area contributed by atoms with Gasteiger partial charge in [0.1, 0.15) is 11.6 Å². The first-order chi connectivity index (χ1) is 15.4. The molecule has 3 unspecified atom stereocenters. The van der Waals surface area contributed by atoms with Crippen molar-refractivity contribution in [2.75, 3.05) is 13.1 Å². The third kappa shape index (κ3) is 5.02. The molecule has 3 atom stereocenters. The number of likely N-dealkylation sites (tertiary alicyclic amines) is 1. The topological polar surface area (TPSA) is 71.3 Å². The minimum atomic E-state index is -0.333. The summed E-state index contributed by atoms with van der Waals surface area (Å²) in [6.45, 7) is 5.19. The zero-order chi connectivity index (χ0) is 22.7.